The molecule has 0 aliphatic rings. The smallest absolute Gasteiger partial charge is 0.321 e. The summed E-state index contributed by atoms with van der Waals surface area (Å²) in [6.07, 6.45) is 0. The molecule has 0 aliphatic carbocycles. The maximum atomic E-state index is 10.5. The highest BCUT2D eigenvalue weighted by Crippen LogP contribution is 1.98. The van der Waals surface area contributed by atoms with Crippen molar-refractivity contribution in [2.45, 2.75) is 0 Å². The van der Waals surface area contributed by atoms with Gasteiger partial charge in [-0.1, -0.05) is 5.10 Å². The van der Waals surface area contributed by atoms with E-state index in [0.29, 0.717) is 0 Å². The SMILES string of the molecule is CN(C(N)=O)c1nnn(C)n1. The molecule has 0 atom stereocenters. The first-order chi connectivity index (χ1) is 5.11. The summed E-state index contributed by atoms with van der Waals surface area (Å²) in [5, 5.41) is 10.8. The number of carbonyl (C=O) groups is 1. The molecular formula is C4H8N6O. The Balaban J connectivity index is 2.84. The molecule has 0 fully saturated rings. The minimum Gasteiger partial charge on any atom is -0.351 e. The summed E-state index contributed by atoms with van der Waals surface area (Å²) in [7, 11) is 3.07. The lowest BCUT2D eigenvalue weighted by molar-refractivity contribution is 0.255. The lowest BCUT2D eigenvalue weighted by Gasteiger charge is -2.06. The van der Waals surface area contributed by atoms with E-state index >= 15 is 0 Å². The molecule has 1 aromatic rings. The van der Waals surface area contributed by atoms with Gasteiger partial charge in [0.15, 0.2) is 0 Å². The van der Waals surface area contributed by atoms with Crippen LogP contribution >= 0.6 is 0 Å². The van der Waals surface area contributed by atoms with Crippen LogP contribution in [-0.4, -0.2) is 33.3 Å². The number of anilines is 1. The lowest BCUT2D eigenvalue weighted by atomic mass is 10.8. The number of primary amides is 1. The first kappa shape index (κ1) is 7.45. The molecule has 0 unspecified atom stereocenters. The van der Waals surface area contributed by atoms with Crippen LogP contribution in [0.15, 0.2) is 0 Å². The number of rotatable bonds is 1. The van der Waals surface area contributed by atoms with Crippen LogP contribution in [0.2, 0.25) is 0 Å². The summed E-state index contributed by atoms with van der Waals surface area (Å²) in [6, 6.07) is -0.613. The summed E-state index contributed by atoms with van der Waals surface area (Å²) < 4.78 is 0. The van der Waals surface area contributed by atoms with Gasteiger partial charge < -0.3 is 5.73 Å². The summed E-state index contributed by atoms with van der Waals surface area (Å²) in [4.78, 5) is 12.9. The number of urea groups is 1. The molecule has 1 heterocycles. The topological polar surface area (TPSA) is 89.9 Å². The fourth-order valence-corrected chi connectivity index (χ4v) is 0.507. The zero-order valence-corrected chi connectivity index (χ0v) is 6.22. The van der Waals surface area contributed by atoms with Crippen molar-refractivity contribution in [2.75, 3.05) is 11.9 Å². The third-order valence-electron chi connectivity index (χ3n) is 1.13. The Kier molecular flexibility index (Phi) is 1.71. The number of aromatic nitrogens is 4. The van der Waals surface area contributed by atoms with E-state index in [1.165, 1.54) is 11.8 Å². The molecule has 7 nitrogen and oxygen atoms in total. The molecule has 11 heavy (non-hydrogen) atoms. The second kappa shape index (κ2) is 2.52. The number of hydrogen-bond acceptors (Lipinski definition) is 4. The standard InChI is InChI=1S/C4H8N6O/c1-9(3(5)11)4-6-8-10(2)7-4/h1-2H3,(H2,5,11). The third-order valence-corrected chi connectivity index (χ3v) is 1.13. The predicted molar refractivity (Wildman–Crippen MR) is 36.8 cm³/mol. The Bertz CT molecular complexity index is 267. The van der Waals surface area contributed by atoms with Crippen molar-refractivity contribution in [1.82, 2.24) is 20.2 Å². The van der Waals surface area contributed by atoms with E-state index in [4.69, 9.17) is 5.73 Å². The van der Waals surface area contributed by atoms with Crippen molar-refractivity contribution >= 4 is 12.0 Å². The normalized spacial score (nSPS) is 9.64. The maximum absolute atomic E-state index is 10.5. The average Bonchev–Trinajstić information content (AvgIpc) is 2.34. The third kappa shape index (κ3) is 1.42. The number of carbonyl (C=O) groups excluding carboxylic acids is 1. The van der Waals surface area contributed by atoms with E-state index in [1.54, 1.807) is 7.05 Å². The monoisotopic (exact) mass is 156 g/mol. The van der Waals surface area contributed by atoms with Gasteiger partial charge in [-0.2, -0.15) is 4.80 Å². The van der Waals surface area contributed by atoms with Gasteiger partial charge in [0, 0.05) is 7.05 Å². The Morgan fingerprint density at radius 3 is 2.73 bits per heavy atom. The van der Waals surface area contributed by atoms with E-state index in [-0.39, 0.29) is 5.95 Å². The van der Waals surface area contributed by atoms with Gasteiger partial charge in [-0.05, 0) is 5.21 Å². The van der Waals surface area contributed by atoms with Gasteiger partial charge in [0.25, 0.3) is 5.95 Å². The van der Waals surface area contributed by atoms with Crippen LogP contribution in [0.1, 0.15) is 0 Å². The van der Waals surface area contributed by atoms with Crippen LogP contribution in [0, 0.1) is 0 Å². The summed E-state index contributed by atoms with van der Waals surface area (Å²) in [5.41, 5.74) is 4.95. The summed E-state index contributed by atoms with van der Waals surface area (Å²) in [5.74, 6) is 0.194. The fourth-order valence-electron chi connectivity index (χ4n) is 0.507. The summed E-state index contributed by atoms with van der Waals surface area (Å²) >= 11 is 0. The molecule has 0 radical (unpaired) electrons. The van der Waals surface area contributed by atoms with Gasteiger partial charge in [-0.25, -0.2) is 4.79 Å². The number of hydrogen-bond donors (Lipinski definition) is 1. The molecule has 0 saturated carbocycles. The number of aryl methyl sites for hydroxylation is 1. The quantitative estimate of drug-likeness (QED) is 0.548. The Morgan fingerprint density at radius 2 is 2.36 bits per heavy atom. The first-order valence-corrected chi connectivity index (χ1v) is 2.88. The zero-order chi connectivity index (χ0) is 8.43. The average molecular weight is 156 g/mol. The van der Waals surface area contributed by atoms with E-state index in [1.807, 2.05) is 0 Å². The highest BCUT2D eigenvalue weighted by Gasteiger charge is 2.10. The van der Waals surface area contributed by atoms with Crippen molar-refractivity contribution in [3.63, 3.8) is 0 Å². The zero-order valence-electron chi connectivity index (χ0n) is 6.22. The van der Waals surface area contributed by atoms with E-state index in [0.717, 1.165) is 4.90 Å². The Labute approximate surface area is 62.8 Å². The number of nitrogens with zero attached hydrogens (tertiary/aromatic N) is 5. The van der Waals surface area contributed by atoms with Crippen LogP contribution in [0.5, 0.6) is 0 Å². The van der Waals surface area contributed by atoms with Crippen LogP contribution in [0.3, 0.4) is 0 Å². The van der Waals surface area contributed by atoms with Crippen molar-refractivity contribution < 1.29 is 4.79 Å². The van der Waals surface area contributed by atoms with Crippen LogP contribution in [0.25, 0.3) is 0 Å². The van der Waals surface area contributed by atoms with Gasteiger partial charge in [-0.3, -0.25) is 4.90 Å². The molecule has 1 rings (SSSR count). The Morgan fingerprint density at radius 1 is 1.73 bits per heavy atom. The van der Waals surface area contributed by atoms with Gasteiger partial charge in [0.2, 0.25) is 0 Å². The van der Waals surface area contributed by atoms with E-state index in [2.05, 4.69) is 15.4 Å². The molecule has 60 valence electrons. The van der Waals surface area contributed by atoms with E-state index < -0.39 is 6.03 Å². The van der Waals surface area contributed by atoms with Crippen LogP contribution in [0.4, 0.5) is 10.7 Å². The molecular weight excluding hydrogens is 148 g/mol. The Hall–Kier alpha value is -1.66. The second-order valence-corrected chi connectivity index (χ2v) is 1.98. The number of tetrazole rings is 1. The van der Waals surface area contributed by atoms with Crippen LogP contribution < -0.4 is 10.6 Å². The summed E-state index contributed by atoms with van der Waals surface area (Å²) in [6.45, 7) is 0. The molecule has 1 aromatic heterocycles. The molecule has 2 N–H and O–H groups in total. The minimum atomic E-state index is -0.613. The van der Waals surface area contributed by atoms with Crippen LogP contribution in [-0.2, 0) is 7.05 Å². The van der Waals surface area contributed by atoms with Crippen molar-refractivity contribution in [3.8, 4) is 0 Å². The van der Waals surface area contributed by atoms with Gasteiger partial charge in [-0.15, -0.1) is 5.10 Å². The van der Waals surface area contributed by atoms with Crippen molar-refractivity contribution in [1.29, 1.82) is 0 Å². The molecule has 0 aromatic carbocycles. The van der Waals surface area contributed by atoms with Gasteiger partial charge in [0.1, 0.15) is 0 Å². The molecule has 0 bridgehead atoms. The molecule has 0 saturated heterocycles. The lowest BCUT2D eigenvalue weighted by Crippen LogP contribution is -2.32. The number of amides is 2. The molecule has 2 amide bonds. The second-order valence-electron chi connectivity index (χ2n) is 1.98. The predicted octanol–water partition coefficient (Wildman–Crippen LogP) is -1.28. The number of nitrogens with two attached hydrogens (primary N) is 1. The van der Waals surface area contributed by atoms with Crippen molar-refractivity contribution in [2.24, 2.45) is 12.8 Å². The molecule has 0 aliphatic heterocycles. The fraction of sp³-hybridized carbons (Fsp3) is 0.500. The highest BCUT2D eigenvalue weighted by atomic mass is 16.2. The van der Waals surface area contributed by atoms with Gasteiger partial charge >= 0.3 is 6.03 Å². The highest BCUT2D eigenvalue weighted by molar-refractivity contribution is 5.87. The molecule has 7 heteroatoms. The molecule has 0 spiro atoms. The minimum absolute atomic E-state index is 0.194. The van der Waals surface area contributed by atoms with E-state index in [9.17, 15) is 4.79 Å². The first-order valence-electron chi connectivity index (χ1n) is 2.88. The largest absolute Gasteiger partial charge is 0.351 e. The maximum Gasteiger partial charge on any atom is 0.321 e. The van der Waals surface area contributed by atoms with Crippen molar-refractivity contribution in [3.05, 3.63) is 0 Å². The van der Waals surface area contributed by atoms with Gasteiger partial charge in [0.05, 0.1) is 7.05 Å².